The van der Waals surface area contributed by atoms with E-state index < -0.39 is 8.32 Å². The number of methoxy groups -OCH3 is 2. The molecule has 218 valence electrons. The normalized spacial score (nSPS) is 14.0. The average molecular weight is 574 g/mol. The van der Waals surface area contributed by atoms with Crippen LogP contribution in [-0.4, -0.2) is 50.6 Å². The maximum absolute atomic E-state index is 13.9. The summed E-state index contributed by atoms with van der Waals surface area (Å²) >= 11 is 0. The molecule has 5 rings (SSSR count). The van der Waals surface area contributed by atoms with Gasteiger partial charge in [0, 0.05) is 40.6 Å². The second-order valence-corrected chi connectivity index (χ2v) is 17.4. The van der Waals surface area contributed by atoms with Crippen molar-refractivity contribution in [2.24, 2.45) is 0 Å². The number of hydrogen-bond donors (Lipinski definition) is 2. The van der Waals surface area contributed by atoms with Crippen molar-refractivity contribution in [1.29, 1.82) is 0 Å². The van der Waals surface area contributed by atoms with E-state index >= 15 is 0 Å². The number of aromatic nitrogens is 2. The van der Waals surface area contributed by atoms with E-state index in [1.54, 1.807) is 14.2 Å². The Balaban J connectivity index is 1.44. The fourth-order valence-corrected chi connectivity index (χ4v) is 6.54. The summed E-state index contributed by atoms with van der Waals surface area (Å²) in [4.78, 5) is 17.3. The predicted molar refractivity (Wildman–Crippen MR) is 168 cm³/mol. The van der Waals surface area contributed by atoms with E-state index in [2.05, 4.69) is 79.2 Å². The first-order chi connectivity index (χ1) is 19.4. The minimum absolute atomic E-state index is 0.0740. The number of nitrogens with one attached hydrogen (secondary N) is 2. The third-order valence-electron chi connectivity index (χ3n) is 9.03. The Morgan fingerprint density at radius 2 is 1.80 bits per heavy atom. The van der Waals surface area contributed by atoms with Crippen molar-refractivity contribution in [3.05, 3.63) is 71.0 Å². The van der Waals surface area contributed by atoms with Gasteiger partial charge < -0.3 is 28.8 Å². The molecule has 1 amide bonds. The van der Waals surface area contributed by atoms with Crippen molar-refractivity contribution < 1.29 is 18.7 Å². The molecular formula is C33H43N3O4Si. The smallest absolute Gasteiger partial charge is 0.253 e. The highest BCUT2D eigenvalue weighted by atomic mass is 28.4. The van der Waals surface area contributed by atoms with E-state index in [0.29, 0.717) is 24.3 Å². The first kappa shape index (κ1) is 29.0. The third-order valence-corrected chi connectivity index (χ3v) is 13.5. The summed E-state index contributed by atoms with van der Waals surface area (Å²) in [7, 11) is 1.29. The largest absolute Gasteiger partial charge is 0.493 e. The molecule has 7 nitrogen and oxygen atoms in total. The lowest BCUT2D eigenvalue weighted by molar-refractivity contribution is 0.0918. The molecule has 8 heteroatoms. The van der Waals surface area contributed by atoms with Crippen LogP contribution in [0, 0.1) is 6.92 Å². The van der Waals surface area contributed by atoms with Gasteiger partial charge in [-0.2, -0.15) is 0 Å². The van der Waals surface area contributed by atoms with E-state index in [4.69, 9.17) is 13.9 Å². The molecule has 2 N–H and O–H groups in total. The van der Waals surface area contributed by atoms with Crippen LogP contribution in [0.4, 0.5) is 0 Å². The predicted octanol–water partition coefficient (Wildman–Crippen LogP) is 6.88. The van der Waals surface area contributed by atoms with Gasteiger partial charge in [0.2, 0.25) is 0 Å². The average Bonchev–Trinajstić information content (AvgIpc) is 3.51. The van der Waals surface area contributed by atoms with Crippen LogP contribution in [0.3, 0.4) is 0 Å². The number of hydrogen-bond acceptors (Lipinski definition) is 4. The molecule has 2 aromatic heterocycles. The Hall–Kier alpha value is -3.49. The number of carbonyl (C=O) groups excluding carboxylic acids is 1. The van der Waals surface area contributed by atoms with Gasteiger partial charge in [-0.15, -0.1) is 0 Å². The zero-order chi connectivity index (χ0) is 29.5. The molecule has 41 heavy (non-hydrogen) atoms. The number of fused-ring (bicyclic) bond motifs is 4. The molecule has 0 saturated carbocycles. The SMILES string of the molecule is COc1cc2c(cc1OC)-c1cc(C(=O)N[C@@H](CO[Si](C)(C)C(C)(C)C)Cc3c[nH]c4ccccc34)c(C)n1CC2. The van der Waals surface area contributed by atoms with E-state index in [-0.39, 0.29) is 17.0 Å². The Morgan fingerprint density at radius 3 is 2.51 bits per heavy atom. The highest BCUT2D eigenvalue weighted by Gasteiger charge is 2.38. The molecule has 0 spiro atoms. The van der Waals surface area contributed by atoms with Gasteiger partial charge in [-0.3, -0.25) is 4.79 Å². The third kappa shape index (κ3) is 5.55. The standard InChI is InChI=1S/C33H43N3O4Si/c1-21-26(17-29-27-18-31(39-6)30(38-5)16-22(27)13-14-36(21)29)32(37)35-24(20-40-41(7,8)33(2,3)4)15-23-19-34-28-12-10-9-11-25(23)28/h9-12,16-19,24,34H,13-15,20H2,1-8H3,(H,35,37)/t24-/m1/s1. The summed E-state index contributed by atoms with van der Waals surface area (Å²) in [5.74, 6) is 1.34. The Labute approximate surface area is 244 Å². The number of ether oxygens (including phenoxy) is 2. The van der Waals surface area contributed by atoms with Crippen LogP contribution in [0.15, 0.2) is 48.7 Å². The topological polar surface area (TPSA) is 77.5 Å². The lowest BCUT2D eigenvalue weighted by Gasteiger charge is -2.37. The maximum atomic E-state index is 13.9. The van der Waals surface area contributed by atoms with Gasteiger partial charge in [0.15, 0.2) is 19.8 Å². The first-order valence-corrected chi connectivity index (χ1v) is 17.3. The minimum atomic E-state index is -2.01. The molecule has 3 heterocycles. The van der Waals surface area contributed by atoms with Crippen LogP contribution in [0.25, 0.3) is 22.2 Å². The summed E-state index contributed by atoms with van der Waals surface area (Å²) in [6.45, 7) is 14.5. The molecule has 0 radical (unpaired) electrons. The van der Waals surface area contributed by atoms with Crippen molar-refractivity contribution in [3.63, 3.8) is 0 Å². The van der Waals surface area contributed by atoms with Crippen LogP contribution in [0.1, 0.15) is 48.0 Å². The zero-order valence-electron chi connectivity index (χ0n) is 25.6. The summed E-state index contributed by atoms with van der Waals surface area (Å²) < 4.78 is 20.0. The summed E-state index contributed by atoms with van der Waals surface area (Å²) in [6.07, 6.45) is 3.59. The molecule has 0 unspecified atom stereocenters. The number of benzene rings is 2. The van der Waals surface area contributed by atoms with E-state index in [1.807, 2.05) is 25.1 Å². The van der Waals surface area contributed by atoms with E-state index in [0.717, 1.165) is 41.2 Å². The number of rotatable bonds is 9. The Morgan fingerprint density at radius 1 is 1.10 bits per heavy atom. The minimum Gasteiger partial charge on any atom is -0.493 e. The van der Waals surface area contributed by atoms with Crippen molar-refractivity contribution in [1.82, 2.24) is 14.9 Å². The first-order valence-electron chi connectivity index (χ1n) is 14.4. The van der Waals surface area contributed by atoms with Gasteiger partial charge in [0.05, 0.1) is 32.4 Å². The molecular weight excluding hydrogens is 530 g/mol. The second-order valence-electron chi connectivity index (χ2n) is 12.6. The van der Waals surface area contributed by atoms with Crippen molar-refractivity contribution in [2.75, 3.05) is 20.8 Å². The highest BCUT2D eigenvalue weighted by molar-refractivity contribution is 6.74. The number of H-pyrrole nitrogens is 1. The van der Waals surface area contributed by atoms with Crippen LogP contribution >= 0.6 is 0 Å². The lowest BCUT2D eigenvalue weighted by atomic mass is 9.97. The molecule has 0 aliphatic carbocycles. The van der Waals surface area contributed by atoms with E-state index in [1.165, 1.54) is 16.5 Å². The number of carbonyl (C=O) groups is 1. The van der Waals surface area contributed by atoms with Crippen molar-refractivity contribution in [2.45, 2.75) is 71.3 Å². The van der Waals surface area contributed by atoms with E-state index in [9.17, 15) is 4.79 Å². The van der Waals surface area contributed by atoms with Gasteiger partial charge >= 0.3 is 0 Å². The lowest BCUT2D eigenvalue weighted by Crippen LogP contribution is -2.47. The molecule has 2 aromatic carbocycles. The van der Waals surface area contributed by atoms with Gasteiger partial charge in [-0.25, -0.2) is 0 Å². The molecule has 1 atom stereocenters. The number of aryl methyl sites for hydroxylation is 1. The maximum Gasteiger partial charge on any atom is 0.253 e. The van der Waals surface area contributed by atoms with Crippen LogP contribution < -0.4 is 14.8 Å². The molecule has 1 aliphatic rings. The fraction of sp³-hybridized carbons (Fsp3) is 0.424. The zero-order valence-corrected chi connectivity index (χ0v) is 26.6. The van der Waals surface area contributed by atoms with Crippen LogP contribution in [0.5, 0.6) is 11.5 Å². The quantitative estimate of drug-likeness (QED) is 0.214. The number of aromatic amines is 1. The molecule has 4 aromatic rings. The van der Waals surface area contributed by atoms with Crippen molar-refractivity contribution >= 4 is 25.1 Å². The summed E-state index contributed by atoms with van der Waals surface area (Å²) in [6, 6.07) is 14.2. The van der Waals surface area contributed by atoms with Gasteiger partial charge in [-0.05, 0) is 73.3 Å². The van der Waals surface area contributed by atoms with Crippen LogP contribution in [0.2, 0.25) is 18.1 Å². The number of amides is 1. The Kier molecular flexibility index (Phi) is 7.83. The summed E-state index contributed by atoms with van der Waals surface area (Å²) in [5.41, 5.74) is 7.23. The number of para-hydroxylation sites is 1. The molecule has 0 fully saturated rings. The van der Waals surface area contributed by atoms with Gasteiger partial charge in [0.25, 0.3) is 5.91 Å². The number of nitrogens with zero attached hydrogens (tertiary/aromatic N) is 1. The van der Waals surface area contributed by atoms with Crippen LogP contribution in [-0.2, 0) is 23.8 Å². The second kappa shape index (κ2) is 11.1. The Bertz CT molecular complexity index is 1580. The van der Waals surface area contributed by atoms with Gasteiger partial charge in [0.1, 0.15) is 0 Å². The molecule has 0 bridgehead atoms. The summed E-state index contributed by atoms with van der Waals surface area (Å²) in [5, 5.41) is 4.62. The fourth-order valence-electron chi connectivity index (χ4n) is 5.49. The van der Waals surface area contributed by atoms with Gasteiger partial charge in [-0.1, -0.05) is 39.0 Å². The monoisotopic (exact) mass is 573 g/mol. The molecule has 1 aliphatic heterocycles. The molecule has 0 saturated heterocycles. The highest BCUT2D eigenvalue weighted by Crippen LogP contribution is 2.40. The van der Waals surface area contributed by atoms with Crippen molar-refractivity contribution in [3.8, 4) is 22.8 Å².